The van der Waals surface area contributed by atoms with Gasteiger partial charge in [0.05, 0.1) is 13.0 Å². The van der Waals surface area contributed by atoms with E-state index in [4.69, 9.17) is 4.74 Å². The molecule has 0 aromatic rings. The molecule has 1 aliphatic heterocycles. The summed E-state index contributed by atoms with van der Waals surface area (Å²) in [6, 6.07) is 0. The minimum Gasteiger partial charge on any atom is -0.465 e. The van der Waals surface area contributed by atoms with Crippen molar-refractivity contribution >= 4 is 5.97 Å². The van der Waals surface area contributed by atoms with Crippen molar-refractivity contribution in [3.05, 3.63) is 0 Å². The summed E-state index contributed by atoms with van der Waals surface area (Å²) in [5.41, 5.74) is 0.305. The van der Waals surface area contributed by atoms with E-state index in [1.54, 1.807) is 0 Å². The van der Waals surface area contributed by atoms with Crippen LogP contribution in [0.3, 0.4) is 0 Å². The van der Waals surface area contributed by atoms with Crippen molar-refractivity contribution in [3.63, 3.8) is 0 Å². The summed E-state index contributed by atoms with van der Waals surface area (Å²) >= 11 is 0. The molecule has 0 aromatic carbocycles. The summed E-state index contributed by atoms with van der Waals surface area (Å²) in [5, 5.41) is 0. The van der Waals surface area contributed by atoms with Gasteiger partial charge in [0.2, 0.25) is 0 Å². The van der Waals surface area contributed by atoms with Crippen LogP contribution in [0.25, 0.3) is 0 Å². The molecule has 1 aliphatic rings. The molecule has 94 valence electrons. The average Bonchev–Trinajstić information content (AvgIpc) is 2.71. The Morgan fingerprint density at radius 2 is 2.06 bits per heavy atom. The van der Waals surface area contributed by atoms with Gasteiger partial charge >= 0.3 is 5.97 Å². The highest BCUT2D eigenvalue weighted by Gasteiger charge is 2.38. The van der Waals surface area contributed by atoms with Crippen LogP contribution in [0.4, 0.5) is 0 Å². The Morgan fingerprint density at radius 1 is 1.31 bits per heavy atom. The normalized spacial score (nSPS) is 24.2. The number of unbranched alkanes of at least 4 members (excludes halogenated alkanes) is 3. The maximum absolute atomic E-state index is 11.2. The van der Waals surface area contributed by atoms with E-state index in [9.17, 15) is 4.79 Å². The molecule has 0 amide bonds. The van der Waals surface area contributed by atoms with Crippen LogP contribution in [0.1, 0.15) is 65.7 Å². The van der Waals surface area contributed by atoms with Gasteiger partial charge in [-0.05, 0) is 11.8 Å². The highest BCUT2D eigenvalue weighted by atomic mass is 16.5. The number of hydrogen-bond acceptors (Lipinski definition) is 2. The number of carbonyl (C=O) groups excluding carboxylic acids is 1. The molecule has 0 aromatic heterocycles. The zero-order chi connectivity index (χ0) is 12.0. The smallest absolute Gasteiger partial charge is 0.306 e. The second-order valence-corrected chi connectivity index (χ2v) is 5.40. The Hall–Kier alpha value is -0.530. The predicted molar refractivity (Wildman–Crippen MR) is 66.2 cm³/mol. The van der Waals surface area contributed by atoms with Gasteiger partial charge < -0.3 is 4.74 Å². The topological polar surface area (TPSA) is 26.3 Å². The van der Waals surface area contributed by atoms with E-state index < -0.39 is 0 Å². The molecule has 1 fully saturated rings. The fraction of sp³-hybridized carbons (Fsp3) is 0.929. The van der Waals surface area contributed by atoms with Crippen LogP contribution in [-0.4, -0.2) is 12.6 Å². The molecular weight excluding hydrogens is 200 g/mol. The fourth-order valence-electron chi connectivity index (χ4n) is 2.59. The van der Waals surface area contributed by atoms with E-state index in [1.807, 2.05) is 0 Å². The van der Waals surface area contributed by atoms with E-state index in [-0.39, 0.29) is 5.97 Å². The lowest BCUT2D eigenvalue weighted by Gasteiger charge is -2.33. The number of hydrogen-bond donors (Lipinski definition) is 0. The predicted octanol–water partition coefficient (Wildman–Crippen LogP) is 3.94. The van der Waals surface area contributed by atoms with Gasteiger partial charge in [0.25, 0.3) is 0 Å². The summed E-state index contributed by atoms with van der Waals surface area (Å²) in [4.78, 5) is 11.2. The van der Waals surface area contributed by atoms with Crippen LogP contribution in [0, 0.1) is 11.3 Å². The van der Waals surface area contributed by atoms with Crippen LogP contribution in [0.2, 0.25) is 0 Å². The second kappa shape index (κ2) is 6.27. The minimum absolute atomic E-state index is 0.00164. The Balaban J connectivity index is 2.39. The van der Waals surface area contributed by atoms with E-state index in [0.717, 1.165) is 6.42 Å². The molecule has 1 saturated heterocycles. The molecule has 1 rings (SSSR count). The second-order valence-electron chi connectivity index (χ2n) is 5.40. The lowest BCUT2D eigenvalue weighted by atomic mass is 9.71. The average molecular weight is 226 g/mol. The Morgan fingerprint density at radius 3 is 2.56 bits per heavy atom. The van der Waals surface area contributed by atoms with Gasteiger partial charge in [-0.15, -0.1) is 0 Å². The third-order valence-electron chi connectivity index (χ3n) is 4.25. The van der Waals surface area contributed by atoms with Crippen LogP contribution >= 0.6 is 0 Å². The lowest BCUT2D eigenvalue weighted by Crippen LogP contribution is -2.27. The number of ether oxygens (including phenoxy) is 1. The number of esters is 1. The maximum Gasteiger partial charge on any atom is 0.306 e. The van der Waals surface area contributed by atoms with Crippen molar-refractivity contribution in [2.45, 2.75) is 65.7 Å². The zero-order valence-corrected chi connectivity index (χ0v) is 11.1. The van der Waals surface area contributed by atoms with E-state index >= 15 is 0 Å². The van der Waals surface area contributed by atoms with E-state index in [0.29, 0.717) is 24.4 Å². The minimum atomic E-state index is -0.00164. The van der Waals surface area contributed by atoms with Crippen LogP contribution in [0.15, 0.2) is 0 Å². The molecule has 1 heterocycles. The monoisotopic (exact) mass is 226 g/mol. The standard InChI is InChI=1S/C14H26O2/c1-4-6-7-8-9-14(3,5-2)12-10-13(15)16-11-12/h12H,4-11H2,1-3H3. The summed E-state index contributed by atoms with van der Waals surface area (Å²) in [6.07, 6.45) is 8.27. The van der Waals surface area contributed by atoms with Crippen molar-refractivity contribution in [1.29, 1.82) is 0 Å². The first-order valence-corrected chi connectivity index (χ1v) is 6.78. The molecule has 2 heteroatoms. The SMILES string of the molecule is CCCCCCC(C)(CC)C1COC(=O)C1. The Kier molecular flexibility index (Phi) is 5.30. The molecule has 0 bridgehead atoms. The van der Waals surface area contributed by atoms with Crippen LogP contribution in [-0.2, 0) is 9.53 Å². The largest absolute Gasteiger partial charge is 0.465 e. The summed E-state index contributed by atoms with van der Waals surface area (Å²) in [6.45, 7) is 7.45. The third kappa shape index (κ3) is 3.50. The van der Waals surface area contributed by atoms with E-state index in [1.165, 1.54) is 32.1 Å². The third-order valence-corrected chi connectivity index (χ3v) is 4.25. The number of cyclic esters (lactones) is 1. The maximum atomic E-state index is 11.2. The Bertz CT molecular complexity index is 225. The van der Waals surface area contributed by atoms with Crippen molar-refractivity contribution in [2.24, 2.45) is 11.3 Å². The summed E-state index contributed by atoms with van der Waals surface area (Å²) in [7, 11) is 0. The van der Waals surface area contributed by atoms with Gasteiger partial charge in [-0.25, -0.2) is 0 Å². The Labute approximate surface area is 99.8 Å². The molecule has 0 radical (unpaired) electrons. The molecule has 2 nitrogen and oxygen atoms in total. The van der Waals surface area contributed by atoms with Gasteiger partial charge in [0, 0.05) is 5.92 Å². The molecular formula is C14H26O2. The highest BCUT2D eigenvalue weighted by molar-refractivity contribution is 5.71. The lowest BCUT2D eigenvalue weighted by molar-refractivity contribution is -0.137. The van der Waals surface area contributed by atoms with Crippen molar-refractivity contribution in [3.8, 4) is 0 Å². The van der Waals surface area contributed by atoms with Crippen LogP contribution < -0.4 is 0 Å². The van der Waals surface area contributed by atoms with Crippen molar-refractivity contribution in [2.75, 3.05) is 6.61 Å². The highest BCUT2D eigenvalue weighted by Crippen LogP contribution is 2.41. The van der Waals surface area contributed by atoms with Gasteiger partial charge in [-0.1, -0.05) is 52.9 Å². The van der Waals surface area contributed by atoms with Crippen molar-refractivity contribution < 1.29 is 9.53 Å². The van der Waals surface area contributed by atoms with Gasteiger partial charge in [-0.2, -0.15) is 0 Å². The van der Waals surface area contributed by atoms with Gasteiger partial charge in [0.1, 0.15) is 0 Å². The molecule has 0 saturated carbocycles. The summed E-state index contributed by atoms with van der Waals surface area (Å²) in [5.74, 6) is 0.449. The molecule has 2 atom stereocenters. The first-order chi connectivity index (χ1) is 7.62. The molecule has 16 heavy (non-hydrogen) atoms. The molecule has 0 N–H and O–H groups in total. The first kappa shape index (κ1) is 13.5. The number of rotatable bonds is 7. The quantitative estimate of drug-likeness (QED) is 0.485. The van der Waals surface area contributed by atoms with E-state index in [2.05, 4.69) is 20.8 Å². The van der Waals surface area contributed by atoms with Crippen molar-refractivity contribution in [1.82, 2.24) is 0 Å². The molecule has 0 aliphatic carbocycles. The fourth-order valence-corrected chi connectivity index (χ4v) is 2.59. The molecule has 2 unspecified atom stereocenters. The molecule has 0 spiro atoms. The van der Waals surface area contributed by atoms with Crippen LogP contribution in [0.5, 0.6) is 0 Å². The number of carbonyl (C=O) groups is 1. The zero-order valence-electron chi connectivity index (χ0n) is 11.1. The van der Waals surface area contributed by atoms with Gasteiger partial charge in [0.15, 0.2) is 0 Å². The van der Waals surface area contributed by atoms with Gasteiger partial charge in [-0.3, -0.25) is 4.79 Å². The first-order valence-electron chi connectivity index (χ1n) is 6.78. The summed E-state index contributed by atoms with van der Waals surface area (Å²) < 4.78 is 5.10.